The summed E-state index contributed by atoms with van der Waals surface area (Å²) in [6.07, 6.45) is 2.16. The zero-order valence-corrected chi connectivity index (χ0v) is 12.2. The fourth-order valence-electron chi connectivity index (χ4n) is 2.08. The molecule has 1 atom stereocenters. The molecule has 0 radical (unpaired) electrons. The lowest BCUT2D eigenvalue weighted by atomic mass is 10.0. The van der Waals surface area contributed by atoms with Crippen LogP contribution in [0.2, 0.25) is 5.02 Å². The van der Waals surface area contributed by atoms with Crippen molar-refractivity contribution in [3.05, 3.63) is 34.9 Å². The van der Waals surface area contributed by atoms with Gasteiger partial charge in [-0.2, -0.15) is 0 Å². The number of hydrogen-bond donors (Lipinski definition) is 1. The van der Waals surface area contributed by atoms with E-state index in [9.17, 15) is 4.79 Å². The summed E-state index contributed by atoms with van der Waals surface area (Å²) in [4.78, 5) is 14.3. The number of nitrogens with zero attached hydrogens (tertiary/aromatic N) is 1. The lowest BCUT2D eigenvalue weighted by Gasteiger charge is -2.27. The van der Waals surface area contributed by atoms with Gasteiger partial charge in [-0.25, -0.2) is 0 Å². The van der Waals surface area contributed by atoms with E-state index in [1.807, 2.05) is 43.0 Å². The quantitative estimate of drug-likeness (QED) is 0.901. The van der Waals surface area contributed by atoms with Crippen molar-refractivity contribution in [2.75, 3.05) is 0 Å². The third-order valence-electron chi connectivity index (χ3n) is 3.52. The van der Waals surface area contributed by atoms with Gasteiger partial charge >= 0.3 is 0 Å². The topological polar surface area (TPSA) is 46.3 Å². The number of amides is 1. The summed E-state index contributed by atoms with van der Waals surface area (Å²) in [7, 11) is 0. The van der Waals surface area contributed by atoms with Crippen LogP contribution in [0.15, 0.2) is 24.3 Å². The highest BCUT2D eigenvalue weighted by atomic mass is 35.5. The number of halogens is 1. The molecule has 0 spiro atoms. The molecule has 3 nitrogen and oxygen atoms in total. The van der Waals surface area contributed by atoms with Gasteiger partial charge < -0.3 is 10.6 Å². The summed E-state index contributed by atoms with van der Waals surface area (Å²) in [6, 6.07) is 7.60. The van der Waals surface area contributed by atoms with Crippen molar-refractivity contribution in [3.63, 3.8) is 0 Å². The second kappa shape index (κ2) is 5.93. The van der Waals surface area contributed by atoms with Crippen LogP contribution in [0, 0.1) is 5.92 Å². The predicted octanol–water partition coefficient (Wildman–Crippen LogP) is 2.81. The standard InChI is InChI=1S/C15H21ClN2O/c1-10(2)14(17)15(19)18(13-6-7-13)9-11-4-3-5-12(16)8-11/h3-5,8,10,13-14H,6-7,9,17H2,1-2H3/t14-/m0/s1. The maximum absolute atomic E-state index is 12.4. The van der Waals surface area contributed by atoms with Crippen molar-refractivity contribution in [3.8, 4) is 0 Å². The SMILES string of the molecule is CC(C)[C@H](N)C(=O)N(Cc1cccc(Cl)c1)C1CC1. The van der Waals surface area contributed by atoms with Crippen LogP contribution in [-0.4, -0.2) is 22.9 Å². The fourth-order valence-corrected chi connectivity index (χ4v) is 2.29. The molecule has 1 aliphatic carbocycles. The summed E-state index contributed by atoms with van der Waals surface area (Å²) in [6.45, 7) is 4.56. The van der Waals surface area contributed by atoms with Crippen molar-refractivity contribution in [1.29, 1.82) is 0 Å². The average Bonchev–Trinajstić information content (AvgIpc) is 3.18. The Bertz CT molecular complexity index is 457. The molecule has 0 bridgehead atoms. The normalized spacial score (nSPS) is 16.5. The lowest BCUT2D eigenvalue weighted by molar-refractivity contribution is -0.134. The van der Waals surface area contributed by atoms with Crippen LogP contribution in [0.5, 0.6) is 0 Å². The van der Waals surface area contributed by atoms with E-state index >= 15 is 0 Å². The molecule has 1 amide bonds. The molecule has 0 heterocycles. The van der Waals surface area contributed by atoms with E-state index in [1.54, 1.807) is 0 Å². The molecule has 104 valence electrons. The number of hydrogen-bond acceptors (Lipinski definition) is 2. The summed E-state index contributed by atoms with van der Waals surface area (Å²) in [5.41, 5.74) is 7.05. The predicted molar refractivity (Wildman–Crippen MR) is 77.8 cm³/mol. The Morgan fingerprint density at radius 1 is 1.47 bits per heavy atom. The molecule has 0 aliphatic heterocycles. The van der Waals surface area contributed by atoms with E-state index in [0.29, 0.717) is 17.6 Å². The minimum absolute atomic E-state index is 0.0532. The van der Waals surface area contributed by atoms with Gasteiger partial charge in [-0.05, 0) is 36.5 Å². The largest absolute Gasteiger partial charge is 0.334 e. The molecule has 0 unspecified atom stereocenters. The van der Waals surface area contributed by atoms with Crippen molar-refractivity contribution < 1.29 is 4.79 Å². The first-order valence-electron chi connectivity index (χ1n) is 6.79. The average molecular weight is 281 g/mol. The van der Waals surface area contributed by atoms with Crippen LogP contribution in [0.1, 0.15) is 32.3 Å². The molecule has 0 aromatic heterocycles. The van der Waals surface area contributed by atoms with Crippen molar-refractivity contribution in [2.24, 2.45) is 11.7 Å². The first-order chi connectivity index (χ1) is 8.99. The molecule has 1 fully saturated rings. The Balaban J connectivity index is 2.10. The van der Waals surface area contributed by atoms with E-state index < -0.39 is 6.04 Å². The van der Waals surface area contributed by atoms with Crippen molar-refractivity contribution in [1.82, 2.24) is 4.90 Å². The molecule has 4 heteroatoms. The molecular formula is C15H21ClN2O. The Hall–Kier alpha value is -1.06. The zero-order chi connectivity index (χ0) is 14.0. The summed E-state index contributed by atoms with van der Waals surface area (Å²) in [5, 5.41) is 0.703. The number of benzene rings is 1. The van der Waals surface area contributed by atoms with E-state index in [1.165, 1.54) is 0 Å². The van der Waals surface area contributed by atoms with Crippen molar-refractivity contribution in [2.45, 2.75) is 45.3 Å². The van der Waals surface area contributed by atoms with Gasteiger partial charge in [0.1, 0.15) is 0 Å². The summed E-state index contributed by atoms with van der Waals surface area (Å²) >= 11 is 5.99. The number of nitrogens with two attached hydrogens (primary N) is 1. The molecule has 1 saturated carbocycles. The third-order valence-corrected chi connectivity index (χ3v) is 3.75. The van der Waals surface area contributed by atoms with Crippen LogP contribution in [0.3, 0.4) is 0 Å². The zero-order valence-electron chi connectivity index (χ0n) is 11.5. The van der Waals surface area contributed by atoms with Gasteiger partial charge in [0.05, 0.1) is 6.04 Å². The van der Waals surface area contributed by atoms with Gasteiger partial charge in [0, 0.05) is 17.6 Å². The van der Waals surface area contributed by atoms with E-state index in [4.69, 9.17) is 17.3 Å². The second-order valence-electron chi connectivity index (χ2n) is 5.60. The monoisotopic (exact) mass is 280 g/mol. The van der Waals surface area contributed by atoms with Gasteiger partial charge in [-0.15, -0.1) is 0 Å². The molecule has 1 aromatic rings. The second-order valence-corrected chi connectivity index (χ2v) is 6.03. The fraction of sp³-hybridized carbons (Fsp3) is 0.533. The van der Waals surface area contributed by atoms with Gasteiger partial charge in [-0.1, -0.05) is 37.6 Å². The van der Waals surface area contributed by atoms with Gasteiger partial charge in [-0.3, -0.25) is 4.79 Å². The lowest BCUT2D eigenvalue weighted by Crippen LogP contribution is -2.47. The summed E-state index contributed by atoms with van der Waals surface area (Å²) < 4.78 is 0. The van der Waals surface area contributed by atoms with E-state index in [-0.39, 0.29) is 11.8 Å². The Morgan fingerprint density at radius 3 is 2.68 bits per heavy atom. The molecular weight excluding hydrogens is 260 g/mol. The van der Waals surface area contributed by atoms with Crippen molar-refractivity contribution >= 4 is 17.5 Å². The Labute approximate surface area is 119 Å². The molecule has 2 rings (SSSR count). The molecule has 2 N–H and O–H groups in total. The van der Waals surface area contributed by atoms with Gasteiger partial charge in [0.15, 0.2) is 0 Å². The van der Waals surface area contributed by atoms with Crippen LogP contribution in [0.4, 0.5) is 0 Å². The highest BCUT2D eigenvalue weighted by Gasteiger charge is 2.35. The maximum Gasteiger partial charge on any atom is 0.240 e. The molecule has 19 heavy (non-hydrogen) atoms. The van der Waals surface area contributed by atoms with Crippen LogP contribution in [0.25, 0.3) is 0 Å². The summed E-state index contributed by atoms with van der Waals surface area (Å²) in [5.74, 6) is 0.214. The van der Waals surface area contributed by atoms with Crippen LogP contribution in [-0.2, 0) is 11.3 Å². The molecule has 1 aromatic carbocycles. The van der Waals surface area contributed by atoms with E-state index in [2.05, 4.69) is 0 Å². The first-order valence-corrected chi connectivity index (χ1v) is 7.17. The maximum atomic E-state index is 12.4. The van der Waals surface area contributed by atoms with Gasteiger partial charge in [0.2, 0.25) is 5.91 Å². The number of carbonyl (C=O) groups excluding carboxylic acids is 1. The Kier molecular flexibility index (Phi) is 4.48. The first kappa shape index (κ1) is 14.4. The number of carbonyl (C=O) groups is 1. The number of rotatable bonds is 5. The minimum Gasteiger partial charge on any atom is -0.334 e. The highest BCUT2D eigenvalue weighted by Crippen LogP contribution is 2.29. The van der Waals surface area contributed by atoms with Crippen LogP contribution >= 0.6 is 11.6 Å². The minimum atomic E-state index is -0.417. The van der Waals surface area contributed by atoms with E-state index in [0.717, 1.165) is 18.4 Å². The van der Waals surface area contributed by atoms with Crippen LogP contribution < -0.4 is 5.73 Å². The molecule has 0 saturated heterocycles. The molecule has 1 aliphatic rings. The van der Waals surface area contributed by atoms with Gasteiger partial charge in [0.25, 0.3) is 0 Å². The smallest absolute Gasteiger partial charge is 0.240 e. The Morgan fingerprint density at radius 2 is 2.16 bits per heavy atom. The third kappa shape index (κ3) is 3.71. The highest BCUT2D eigenvalue weighted by molar-refractivity contribution is 6.30.